The summed E-state index contributed by atoms with van der Waals surface area (Å²) in [5, 5.41) is 8.06. The average molecular weight is 195 g/mol. The van der Waals surface area contributed by atoms with Crippen LogP contribution in [0.1, 0.15) is 18.5 Å². The molecule has 70 valence electrons. The summed E-state index contributed by atoms with van der Waals surface area (Å²) in [5.41, 5.74) is 6.85. The second kappa shape index (κ2) is 3.64. The topological polar surface area (TPSA) is 51.8 Å². The van der Waals surface area contributed by atoms with Crippen LogP contribution in [0.3, 0.4) is 0 Å². The molecule has 2 heterocycles. The van der Waals surface area contributed by atoms with Gasteiger partial charge < -0.3 is 5.73 Å². The van der Waals surface area contributed by atoms with Gasteiger partial charge in [0.15, 0.2) is 0 Å². The highest BCUT2D eigenvalue weighted by Gasteiger charge is 2.36. The molecule has 1 unspecified atom stereocenters. The summed E-state index contributed by atoms with van der Waals surface area (Å²) in [5.74, 6) is 1.19. The number of rotatable bonds is 2. The van der Waals surface area contributed by atoms with E-state index in [1.54, 1.807) is 6.20 Å². The van der Waals surface area contributed by atoms with Gasteiger partial charge in [-0.3, -0.25) is 0 Å². The van der Waals surface area contributed by atoms with E-state index in [9.17, 15) is 0 Å². The normalized spacial score (nSPS) is 27.8. The van der Waals surface area contributed by atoms with E-state index in [1.807, 2.05) is 23.9 Å². The summed E-state index contributed by atoms with van der Waals surface area (Å²) in [6.45, 7) is 0.663. The number of nitrogens with zero attached hydrogens (tertiary/aromatic N) is 2. The van der Waals surface area contributed by atoms with Gasteiger partial charge in [0, 0.05) is 12.7 Å². The molecular formula is C9H13N3S. The molecule has 0 aliphatic carbocycles. The Labute approximate surface area is 82.1 Å². The maximum absolute atomic E-state index is 5.81. The predicted molar refractivity (Wildman–Crippen MR) is 54.5 cm³/mol. The van der Waals surface area contributed by atoms with Gasteiger partial charge in [-0.1, -0.05) is 0 Å². The molecule has 0 spiro atoms. The van der Waals surface area contributed by atoms with Gasteiger partial charge in [-0.05, 0) is 30.7 Å². The molecule has 2 N–H and O–H groups in total. The molecule has 0 radical (unpaired) electrons. The van der Waals surface area contributed by atoms with Gasteiger partial charge >= 0.3 is 0 Å². The Balaban J connectivity index is 2.31. The number of nitrogens with two attached hydrogens (primary N) is 1. The van der Waals surface area contributed by atoms with Gasteiger partial charge in [0.2, 0.25) is 0 Å². The molecule has 4 heteroatoms. The minimum Gasteiger partial charge on any atom is -0.329 e. The van der Waals surface area contributed by atoms with Crippen molar-refractivity contribution in [2.24, 2.45) is 5.73 Å². The zero-order valence-electron chi connectivity index (χ0n) is 7.44. The fraction of sp³-hybridized carbons (Fsp3) is 0.556. The molecule has 13 heavy (non-hydrogen) atoms. The van der Waals surface area contributed by atoms with Crippen molar-refractivity contribution in [1.29, 1.82) is 0 Å². The highest BCUT2D eigenvalue weighted by atomic mass is 32.2. The second-order valence-electron chi connectivity index (χ2n) is 3.26. The molecule has 1 saturated heterocycles. The summed E-state index contributed by atoms with van der Waals surface area (Å²) in [6.07, 6.45) is 4.07. The van der Waals surface area contributed by atoms with Gasteiger partial charge in [-0.15, -0.1) is 11.8 Å². The van der Waals surface area contributed by atoms with Gasteiger partial charge in [0.25, 0.3) is 0 Å². The maximum Gasteiger partial charge on any atom is 0.0804 e. The van der Waals surface area contributed by atoms with Crippen molar-refractivity contribution < 1.29 is 0 Å². The third-order valence-corrected chi connectivity index (χ3v) is 4.10. The van der Waals surface area contributed by atoms with Crippen LogP contribution in [0.2, 0.25) is 0 Å². The smallest absolute Gasteiger partial charge is 0.0804 e. The van der Waals surface area contributed by atoms with Crippen molar-refractivity contribution in [3.8, 4) is 0 Å². The molecule has 0 aromatic carbocycles. The molecule has 1 atom stereocenters. The van der Waals surface area contributed by atoms with E-state index < -0.39 is 0 Å². The summed E-state index contributed by atoms with van der Waals surface area (Å²) < 4.78 is 0.0499. The van der Waals surface area contributed by atoms with Gasteiger partial charge in [-0.25, -0.2) is 0 Å². The molecule has 1 fully saturated rings. The molecule has 0 saturated carbocycles. The molecule has 0 amide bonds. The van der Waals surface area contributed by atoms with Crippen molar-refractivity contribution >= 4 is 11.8 Å². The quantitative estimate of drug-likeness (QED) is 0.769. The molecule has 2 rings (SSSR count). The molecule has 1 aromatic heterocycles. The first-order valence-electron chi connectivity index (χ1n) is 4.50. The standard InChI is InChI=1S/C9H13N3S/c10-7-9(4-2-6-13-9)8-3-1-5-11-12-8/h1,3,5H,2,4,6-7,10H2. The van der Waals surface area contributed by atoms with E-state index in [1.165, 1.54) is 12.2 Å². The first-order valence-corrected chi connectivity index (χ1v) is 5.48. The van der Waals surface area contributed by atoms with Crippen molar-refractivity contribution in [3.63, 3.8) is 0 Å². The molecule has 0 bridgehead atoms. The Bertz CT molecular complexity index is 269. The van der Waals surface area contributed by atoms with E-state index >= 15 is 0 Å². The Morgan fingerprint density at radius 2 is 2.54 bits per heavy atom. The van der Waals surface area contributed by atoms with Crippen LogP contribution in [0.4, 0.5) is 0 Å². The predicted octanol–water partition coefficient (Wildman–Crippen LogP) is 1.16. The Morgan fingerprint density at radius 1 is 1.62 bits per heavy atom. The second-order valence-corrected chi connectivity index (χ2v) is 4.74. The van der Waals surface area contributed by atoms with Crippen LogP contribution < -0.4 is 5.73 Å². The number of hydrogen-bond acceptors (Lipinski definition) is 4. The fourth-order valence-electron chi connectivity index (χ4n) is 1.71. The number of hydrogen-bond donors (Lipinski definition) is 1. The van der Waals surface area contributed by atoms with Crippen molar-refractivity contribution in [3.05, 3.63) is 24.0 Å². The fourth-order valence-corrected chi connectivity index (χ4v) is 3.05. The van der Waals surface area contributed by atoms with Crippen molar-refractivity contribution in [1.82, 2.24) is 10.2 Å². The van der Waals surface area contributed by atoms with Crippen LogP contribution in [0.5, 0.6) is 0 Å². The van der Waals surface area contributed by atoms with E-state index in [-0.39, 0.29) is 4.75 Å². The molecule has 1 aliphatic rings. The molecule has 1 aromatic rings. The largest absolute Gasteiger partial charge is 0.329 e. The number of thioether (sulfide) groups is 1. The minimum atomic E-state index is 0.0499. The maximum atomic E-state index is 5.81. The summed E-state index contributed by atoms with van der Waals surface area (Å²) >= 11 is 1.92. The first kappa shape index (κ1) is 8.97. The van der Waals surface area contributed by atoms with Crippen LogP contribution in [0, 0.1) is 0 Å². The number of aromatic nitrogens is 2. The van der Waals surface area contributed by atoms with E-state index in [0.717, 1.165) is 12.1 Å². The highest BCUT2D eigenvalue weighted by Crippen LogP contribution is 2.44. The van der Waals surface area contributed by atoms with Crippen LogP contribution in [-0.4, -0.2) is 22.5 Å². The SMILES string of the molecule is NCC1(c2cccnn2)CCCS1. The van der Waals surface area contributed by atoms with Crippen LogP contribution in [0.15, 0.2) is 18.3 Å². The average Bonchev–Trinajstić information content (AvgIpc) is 2.69. The Kier molecular flexibility index (Phi) is 2.51. The van der Waals surface area contributed by atoms with Gasteiger partial charge in [-0.2, -0.15) is 10.2 Å². The Hall–Kier alpha value is -0.610. The third-order valence-electron chi connectivity index (χ3n) is 2.47. The zero-order valence-corrected chi connectivity index (χ0v) is 8.26. The van der Waals surface area contributed by atoms with Crippen molar-refractivity contribution in [2.45, 2.75) is 17.6 Å². The molecular weight excluding hydrogens is 182 g/mol. The monoisotopic (exact) mass is 195 g/mol. The third kappa shape index (κ3) is 1.56. The summed E-state index contributed by atoms with van der Waals surface area (Å²) in [6, 6.07) is 3.96. The Morgan fingerprint density at radius 3 is 3.08 bits per heavy atom. The van der Waals surface area contributed by atoms with Crippen molar-refractivity contribution in [2.75, 3.05) is 12.3 Å². The molecule has 3 nitrogen and oxygen atoms in total. The van der Waals surface area contributed by atoms with E-state index in [2.05, 4.69) is 10.2 Å². The lowest BCUT2D eigenvalue weighted by atomic mass is 9.99. The minimum absolute atomic E-state index is 0.0499. The summed E-state index contributed by atoms with van der Waals surface area (Å²) in [7, 11) is 0. The summed E-state index contributed by atoms with van der Waals surface area (Å²) in [4.78, 5) is 0. The van der Waals surface area contributed by atoms with E-state index in [0.29, 0.717) is 6.54 Å². The first-order chi connectivity index (χ1) is 6.37. The van der Waals surface area contributed by atoms with E-state index in [4.69, 9.17) is 5.73 Å². The van der Waals surface area contributed by atoms with Crippen LogP contribution in [-0.2, 0) is 4.75 Å². The highest BCUT2D eigenvalue weighted by molar-refractivity contribution is 8.00. The lowest BCUT2D eigenvalue weighted by Gasteiger charge is -2.24. The lowest BCUT2D eigenvalue weighted by Crippen LogP contribution is -2.30. The van der Waals surface area contributed by atoms with Crippen LogP contribution in [0.25, 0.3) is 0 Å². The van der Waals surface area contributed by atoms with Gasteiger partial charge in [0.1, 0.15) is 0 Å². The lowest BCUT2D eigenvalue weighted by molar-refractivity contribution is 0.574. The zero-order chi connectivity index (χ0) is 9.15. The van der Waals surface area contributed by atoms with Crippen LogP contribution >= 0.6 is 11.8 Å². The molecule has 1 aliphatic heterocycles. The van der Waals surface area contributed by atoms with Gasteiger partial charge in [0.05, 0.1) is 10.4 Å².